The summed E-state index contributed by atoms with van der Waals surface area (Å²) in [6.45, 7) is 6.20. The molecular formula is C14H21N3O2. The smallest absolute Gasteiger partial charge is 0.276 e. The highest BCUT2D eigenvalue weighted by Crippen LogP contribution is 2.28. The highest BCUT2D eigenvalue weighted by molar-refractivity contribution is 5.92. The van der Waals surface area contributed by atoms with E-state index in [2.05, 4.69) is 17.0 Å². The van der Waals surface area contributed by atoms with Gasteiger partial charge in [0, 0.05) is 31.7 Å². The van der Waals surface area contributed by atoms with E-state index < -0.39 is 0 Å². The van der Waals surface area contributed by atoms with Gasteiger partial charge in [-0.25, -0.2) is 0 Å². The number of fused-ring (bicyclic) bond motifs is 4. The molecule has 3 aliphatic rings. The molecule has 2 bridgehead atoms. The van der Waals surface area contributed by atoms with E-state index in [4.69, 9.17) is 4.52 Å². The third kappa shape index (κ3) is 2.52. The Morgan fingerprint density at radius 3 is 3.05 bits per heavy atom. The Balaban J connectivity index is 1.74. The molecule has 104 valence electrons. The predicted octanol–water partition coefficient (Wildman–Crippen LogP) is 1.62. The van der Waals surface area contributed by atoms with E-state index in [-0.39, 0.29) is 5.91 Å². The molecule has 0 spiro atoms. The Morgan fingerprint density at radius 2 is 2.32 bits per heavy atom. The summed E-state index contributed by atoms with van der Waals surface area (Å²) in [7, 11) is 0. The van der Waals surface area contributed by atoms with Gasteiger partial charge in [0.1, 0.15) is 6.26 Å². The van der Waals surface area contributed by atoms with Gasteiger partial charge in [-0.2, -0.15) is 0 Å². The van der Waals surface area contributed by atoms with Gasteiger partial charge in [0.15, 0.2) is 5.69 Å². The summed E-state index contributed by atoms with van der Waals surface area (Å²) in [6, 6.07) is 2.17. The van der Waals surface area contributed by atoms with Crippen molar-refractivity contribution in [2.45, 2.75) is 32.2 Å². The molecule has 3 aliphatic heterocycles. The lowest BCUT2D eigenvalue weighted by Gasteiger charge is -2.35. The van der Waals surface area contributed by atoms with Gasteiger partial charge in [-0.15, -0.1) is 0 Å². The first kappa shape index (κ1) is 12.7. The number of piperidine rings is 1. The summed E-state index contributed by atoms with van der Waals surface area (Å²) in [5.74, 6) is 0.630. The maximum atomic E-state index is 12.4. The minimum atomic E-state index is 0.0176. The van der Waals surface area contributed by atoms with Crippen LogP contribution in [-0.2, 0) is 0 Å². The molecule has 0 N–H and O–H groups in total. The highest BCUT2D eigenvalue weighted by Gasteiger charge is 2.36. The summed E-state index contributed by atoms with van der Waals surface area (Å²) in [5, 5.41) is 3.77. The van der Waals surface area contributed by atoms with Crippen LogP contribution in [0.4, 0.5) is 0 Å². The summed E-state index contributed by atoms with van der Waals surface area (Å²) in [6.07, 6.45) is 5.10. The molecule has 0 saturated carbocycles. The van der Waals surface area contributed by atoms with Gasteiger partial charge in [-0.05, 0) is 31.7 Å². The molecule has 4 rings (SSSR count). The van der Waals surface area contributed by atoms with Gasteiger partial charge in [0.25, 0.3) is 5.91 Å². The van der Waals surface area contributed by atoms with Gasteiger partial charge in [0.05, 0.1) is 0 Å². The number of rotatable bonds is 3. The van der Waals surface area contributed by atoms with E-state index in [0.29, 0.717) is 17.7 Å². The molecule has 5 heteroatoms. The average Bonchev–Trinajstić information content (AvgIpc) is 2.80. The number of carbonyl (C=O) groups is 1. The Bertz CT molecular complexity index is 432. The molecule has 3 saturated heterocycles. The van der Waals surface area contributed by atoms with Crippen molar-refractivity contribution < 1.29 is 9.32 Å². The van der Waals surface area contributed by atoms with Crippen molar-refractivity contribution >= 4 is 5.91 Å². The van der Waals surface area contributed by atoms with E-state index in [1.807, 2.05) is 4.90 Å². The Kier molecular flexibility index (Phi) is 3.55. The fourth-order valence-corrected chi connectivity index (χ4v) is 3.39. The third-order valence-corrected chi connectivity index (χ3v) is 4.28. The lowest BCUT2D eigenvalue weighted by atomic mass is 9.95. The lowest BCUT2D eigenvalue weighted by Crippen LogP contribution is -2.44. The van der Waals surface area contributed by atoms with Crippen LogP contribution in [0.25, 0.3) is 0 Å². The Morgan fingerprint density at radius 1 is 1.42 bits per heavy atom. The predicted molar refractivity (Wildman–Crippen MR) is 70.8 cm³/mol. The maximum absolute atomic E-state index is 12.4. The van der Waals surface area contributed by atoms with Gasteiger partial charge >= 0.3 is 0 Å². The summed E-state index contributed by atoms with van der Waals surface area (Å²) < 4.78 is 4.78. The molecule has 1 amide bonds. The summed E-state index contributed by atoms with van der Waals surface area (Å²) >= 11 is 0. The molecule has 19 heavy (non-hydrogen) atoms. The van der Waals surface area contributed by atoms with E-state index >= 15 is 0 Å². The Hall–Kier alpha value is -1.36. The van der Waals surface area contributed by atoms with Crippen molar-refractivity contribution in [1.82, 2.24) is 15.0 Å². The van der Waals surface area contributed by atoms with Crippen LogP contribution in [0.2, 0.25) is 0 Å². The monoisotopic (exact) mass is 263 g/mol. The normalized spacial score (nSPS) is 27.5. The molecule has 0 aromatic carbocycles. The minimum absolute atomic E-state index is 0.0176. The molecule has 3 fully saturated rings. The van der Waals surface area contributed by atoms with Crippen molar-refractivity contribution in [2.75, 3.05) is 26.2 Å². The highest BCUT2D eigenvalue weighted by atomic mass is 16.5. The second-order valence-corrected chi connectivity index (χ2v) is 5.69. The first-order valence-electron chi connectivity index (χ1n) is 7.21. The van der Waals surface area contributed by atoms with Gasteiger partial charge in [0.2, 0.25) is 0 Å². The zero-order chi connectivity index (χ0) is 13.2. The molecule has 0 aliphatic carbocycles. The van der Waals surface area contributed by atoms with Crippen LogP contribution in [0.5, 0.6) is 0 Å². The number of aromatic nitrogens is 1. The molecule has 4 heterocycles. The zero-order valence-electron chi connectivity index (χ0n) is 11.4. The first-order valence-corrected chi connectivity index (χ1v) is 7.21. The minimum Gasteiger partial charge on any atom is -0.364 e. The fourth-order valence-electron chi connectivity index (χ4n) is 3.39. The number of hydrogen-bond donors (Lipinski definition) is 0. The van der Waals surface area contributed by atoms with Crippen LogP contribution in [0.1, 0.15) is 36.7 Å². The van der Waals surface area contributed by atoms with Crippen LogP contribution >= 0.6 is 0 Å². The molecule has 2 atom stereocenters. The topological polar surface area (TPSA) is 49.6 Å². The summed E-state index contributed by atoms with van der Waals surface area (Å²) in [5.41, 5.74) is 0.434. The van der Waals surface area contributed by atoms with Crippen molar-refractivity contribution in [3.8, 4) is 0 Å². The zero-order valence-corrected chi connectivity index (χ0v) is 11.4. The van der Waals surface area contributed by atoms with Crippen LogP contribution in [0.15, 0.2) is 16.9 Å². The van der Waals surface area contributed by atoms with Crippen LogP contribution in [-0.4, -0.2) is 53.1 Å². The third-order valence-electron chi connectivity index (χ3n) is 4.28. The van der Waals surface area contributed by atoms with E-state index in [9.17, 15) is 4.79 Å². The molecule has 5 nitrogen and oxygen atoms in total. The first-order chi connectivity index (χ1) is 9.28. The van der Waals surface area contributed by atoms with E-state index in [1.54, 1.807) is 6.07 Å². The number of nitrogens with zero attached hydrogens (tertiary/aromatic N) is 3. The van der Waals surface area contributed by atoms with Crippen molar-refractivity contribution in [3.05, 3.63) is 18.0 Å². The van der Waals surface area contributed by atoms with E-state index in [0.717, 1.165) is 26.2 Å². The maximum Gasteiger partial charge on any atom is 0.276 e. The van der Waals surface area contributed by atoms with Gasteiger partial charge in [-0.1, -0.05) is 12.1 Å². The number of carbonyl (C=O) groups excluding carboxylic acids is 1. The lowest BCUT2D eigenvalue weighted by molar-refractivity contribution is 0.0727. The summed E-state index contributed by atoms with van der Waals surface area (Å²) in [4.78, 5) is 16.9. The SMILES string of the molecule is CCCN1C[C@H]2CC[C@@H]1CN(C(=O)c1ccon1)C2. The van der Waals surface area contributed by atoms with Crippen molar-refractivity contribution in [3.63, 3.8) is 0 Å². The molecule has 1 aromatic rings. The largest absolute Gasteiger partial charge is 0.364 e. The average molecular weight is 263 g/mol. The van der Waals surface area contributed by atoms with Crippen LogP contribution in [0.3, 0.4) is 0 Å². The number of hydrogen-bond acceptors (Lipinski definition) is 4. The van der Waals surface area contributed by atoms with Crippen molar-refractivity contribution in [1.29, 1.82) is 0 Å². The standard InChI is InChI=1S/C14H21N3O2/c1-2-6-16-8-11-3-4-12(16)10-17(9-11)14(18)13-5-7-19-15-13/h5,7,11-12H,2-4,6,8-10H2,1H3/t11-,12-/m1/s1. The Labute approximate surface area is 113 Å². The molecule has 0 unspecified atom stereocenters. The second-order valence-electron chi connectivity index (χ2n) is 5.69. The second kappa shape index (κ2) is 5.33. The van der Waals surface area contributed by atoms with Crippen LogP contribution in [0, 0.1) is 5.92 Å². The van der Waals surface area contributed by atoms with E-state index in [1.165, 1.54) is 25.5 Å². The number of amides is 1. The van der Waals surface area contributed by atoms with Crippen LogP contribution < -0.4 is 0 Å². The van der Waals surface area contributed by atoms with Gasteiger partial charge in [-0.3, -0.25) is 9.69 Å². The molecular weight excluding hydrogens is 242 g/mol. The van der Waals surface area contributed by atoms with Crippen molar-refractivity contribution in [2.24, 2.45) is 5.92 Å². The fraction of sp³-hybridized carbons (Fsp3) is 0.714. The molecule has 1 aromatic heterocycles. The molecule has 0 radical (unpaired) electrons. The quantitative estimate of drug-likeness (QED) is 0.831. The van der Waals surface area contributed by atoms with Gasteiger partial charge < -0.3 is 9.42 Å².